The van der Waals surface area contributed by atoms with E-state index in [0.29, 0.717) is 10.3 Å². The Morgan fingerprint density at radius 1 is 1.35 bits per heavy atom. The number of aromatic nitrogens is 2. The lowest BCUT2D eigenvalue weighted by molar-refractivity contribution is 0.630. The van der Waals surface area contributed by atoms with Crippen molar-refractivity contribution in [2.45, 2.75) is 6.92 Å². The third-order valence-corrected chi connectivity index (χ3v) is 4.64. The number of halogens is 3. The van der Waals surface area contributed by atoms with Crippen molar-refractivity contribution in [3.8, 4) is 5.69 Å². The van der Waals surface area contributed by atoms with E-state index < -0.39 is 5.82 Å². The van der Waals surface area contributed by atoms with Crippen LogP contribution in [0, 0.1) is 17.5 Å². The minimum atomic E-state index is -0.464. The number of hydrogen-bond acceptors (Lipinski definition) is 1. The van der Waals surface area contributed by atoms with Crippen LogP contribution in [0.3, 0.4) is 0 Å². The SMILES string of the molecule is Cc1c(Br)cccc1-n1c(=S)[nH]c2cc(F)c(Cl)cc21. The standard InChI is InChI=1S/C14H9BrClFN2S/c1-7-8(15)3-2-4-12(7)19-13-5-9(16)10(17)6-11(13)18-14(19)20/h2-6H,1H3,(H,18,20). The largest absolute Gasteiger partial charge is 0.330 e. The fraction of sp³-hybridized carbons (Fsp3) is 0.0714. The summed E-state index contributed by atoms with van der Waals surface area (Å²) >= 11 is 14.7. The van der Waals surface area contributed by atoms with Gasteiger partial charge in [-0.25, -0.2) is 4.39 Å². The molecule has 102 valence electrons. The molecular weight excluding hydrogens is 363 g/mol. The molecule has 0 radical (unpaired) electrons. The topological polar surface area (TPSA) is 20.7 Å². The molecule has 0 saturated carbocycles. The fourth-order valence-corrected chi connectivity index (χ4v) is 3.00. The Labute approximate surface area is 133 Å². The van der Waals surface area contributed by atoms with Crippen LogP contribution in [0.2, 0.25) is 5.02 Å². The first-order valence-corrected chi connectivity index (χ1v) is 7.42. The molecule has 0 aliphatic heterocycles. The van der Waals surface area contributed by atoms with Crippen LogP contribution in [0.15, 0.2) is 34.8 Å². The van der Waals surface area contributed by atoms with Crippen LogP contribution in [0.25, 0.3) is 16.7 Å². The van der Waals surface area contributed by atoms with Crippen molar-refractivity contribution in [3.05, 3.63) is 56.0 Å². The average molecular weight is 372 g/mol. The molecule has 0 atom stereocenters. The Morgan fingerprint density at radius 2 is 2.10 bits per heavy atom. The minimum Gasteiger partial charge on any atom is -0.330 e. The minimum absolute atomic E-state index is 0.0768. The number of H-pyrrole nitrogens is 1. The Morgan fingerprint density at radius 3 is 2.85 bits per heavy atom. The van der Waals surface area contributed by atoms with Crippen molar-refractivity contribution in [3.63, 3.8) is 0 Å². The number of benzene rings is 2. The van der Waals surface area contributed by atoms with Crippen LogP contribution in [0.5, 0.6) is 0 Å². The molecule has 0 bridgehead atoms. The van der Waals surface area contributed by atoms with Gasteiger partial charge in [0.25, 0.3) is 0 Å². The molecule has 3 aromatic rings. The van der Waals surface area contributed by atoms with E-state index in [1.807, 2.05) is 29.7 Å². The van der Waals surface area contributed by atoms with Crippen LogP contribution in [-0.4, -0.2) is 9.55 Å². The quantitative estimate of drug-likeness (QED) is 0.556. The normalized spacial score (nSPS) is 11.2. The van der Waals surface area contributed by atoms with Crippen LogP contribution >= 0.6 is 39.7 Å². The Bertz CT molecular complexity index is 885. The smallest absolute Gasteiger partial charge is 0.182 e. The van der Waals surface area contributed by atoms with Crippen molar-refractivity contribution >= 4 is 50.8 Å². The van der Waals surface area contributed by atoms with Crippen molar-refractivity contribution in [2.24, 2.45) is 0 Å². The molecule has 1 N–H and O–H groups in total. The predicted octanol–water partition coefficient (Wildman–Crippen LogP) is 5.55. The first kappa shape index (κ1) is 13.8. The van der Waals surface area contributed by atoms with Gasteiger partial charge in [0.2, 0.25) is 0 Å². The van der Waals surface area contributed by atoms with Crippen LogP contribution in [0.1, 0.15) is 5.56 Å². The zero-order chi connectivity index (χ0) is 14.4. The molecule has 1 heterocycles. The summed E-state index contributed by atoms with van der Waals surface area (Å²) in [5.74, 6) is -0.464. The Hall–Kier alpha value is -1.17. The van der Waals surface area contributed by atoms with Crippen LogP contribution < -0.4 is 0 Å². The number of hydrogen-bond donors (Lipinski definition) is 1. The lowest BCUT2D eigenvalue weighted by Crippen LogP contribution is -1.97. The molecule has 2 nitrogen and oxygen atoms in total. The molecule has 0 unspecified atom stereocenters. The summed E-state index contributed by atoms with van der Waals surface area (Å²) in [5.41, 5.74) is 3.35. The molecule has 2 aromatic carbocycles. The van der Waals surface area contributed by atoms with Gasteiger partial charge >= 0.3 is 0 Å². The van der Waals surface area contributed by atoms with Gasteiger partial charge in [0.05, 0.1) is 21.7 Å². The Kier molecular flexibility index (Phi) is 3.44. The summed E-state index contributed by atoms with van der Waals surface area (Å²) in [6.07, 6.45) is 0. The summed E-state index contributed by atoms with van der Waals surface area (Å²) in [5, 5.41) is 0.0768. The van der Waals surface area contributed by atoms with E-state index in [4.69, 9.17) is 23.8 Å². The number of fused-ring (bicyclic) bond motifs is 1. The molecule has 0 amide bonds. The first-order valence-electron chi connectivity index (χ1n) is 5.84. The predicted molar refractivity (Wildman–Crippen MR) is 85.9 cm³/mol. The first-order chi connectivity index (χ1) is 9.49. The van der Waals surface area contributed by atoms with E-state index in [-0.39, 0.29) is 5.02 Å². The average Bonchev–Trinajstić information content (AvgIpc) is 2.69. The van der Waals surface area contributed by atoms with Gasteiger partial charge in [0, 0.05) is 10.5 Å². The molecule has 6 heteroatoms. The molecule has 0 aliphatic rings. The van der Waals surface area contributed by atoms with Gasteiger partial charge in [-0.1, -0.05) is 33.6 Å². The number of rotatable bonds is 1. The summed E-state index contributed by atoms with van der Waals surface area (Å²) in [6, 6.07) is 8.79. The van der Waals surface area contributed by atoms with Gasteiger partial charge in [-0.2, -0.15) is 0 Å². The van der Waals surface area contributed by atoms with Gasteiger partial charge in [0.15, 0.2) is 4.77 Å². The molecule has 1 aromatic heterocycles. The van der Waals surface area contributed by atoms with Gasteiger partial charge in [-0.3, -0.25) is 4.57 Å². The summed E-state index contributed by atoms with van der Waals surface area (Å²) in [6.45, 7) is 1.99. The van der Waals surface area contributed by atoms with E-state index in [1.165, 1.54) is 6.07 Å². The number of aromatic amines is 1. The third-order valence-electron chi connectivity index (χ3n) is 3.20. The highest BCUT2D eigenvalue weighted by Crippen LogP contribution is 2.29. The number of nitrogens with zero attached hydrogens (tertiary/aromatic N) is 1. The molecule has 0 fully saturated rings. The van der Waals surface area contributed by atoms with Gasteiger partial charge < -0.3 is 4.98 Å². The second-order valence-corrected chi connectivity index (χ2v) is 6.08. The van der Waals surface area contributed by atoms with E-state index in [0.717, 1.165) is 21.2 Å². The van der Waals surface area contributed by atoms with E-state index in [1.54, 1.807) is 6.07 Å². The van der Waals surface area contributed by atoms with E-state index >= 15 is 0 Å². The van der Waals surface area contributed by atoms with Crippen LogP contribution in [-0.2, 0) is 0 Å². The van der Waals surface area contributed by atoms with Crippen molar-refractivity contribution < 1.29 is 4.39 Å². The third kappa shape index (κ3) is 2.10. The molecule has 20 heavy (non-hydrogen) atoms. The molecule has 0 spiro atoms. The maximum absolute atomic E-state index is 13.5. The number of imidazole rings is 1. The lowest BCUT2D eigenvalue weighted by atomic mass is 10.2. The maximum Gasteiger partial charge on any atom is 0.182 e. The summed E-state index contributed by atoms with van der Waals surface area (Å²) in [7, 11) is 0. The second kappa shape index (κ2) is 4.98. The van der Waals surface area contributed by atoms with E-state index in [2.05, 4.69) is 20.9 Å². The Balaban J connectivity index is 2.42. The van der Waals surface area contributed by atoms with E-state index in [9.17, 15) is 4.39 Å². The van der Waals surface area contributed by atoms with Gasteiger partial charge in [-0.15, -0.1) is 0 Å². The van der Waals surface area contributed by atoms with Crippen LogP contribution in [0.4, 0.5) is 4.39 Å². The van der Waals surface area contributed by atoms with Crippen molar-refractivity contribution in [1.29, 1.82) is 0 Å². The zero-order valence-corrected chi connectivity index (χ0v) is 13.5. The maximum atomic E-state index is 13.5. The van der Waals surface area contributed by atoms with Crippen molar-refractivity contribution in [2.75, 3.05) is 0 Å². The summed E-state index contributed by atoms with van der Waals surface area (Å²) in [4.78, 5) is 3.00. The second-order valence-electron chi connectivity index (χ2n) is 4.43. The molecule has 3 rings (SSSR count). The van der Waals surface area contributed by atoms with Gasteiger partial charge in [0.1, 0.15) is 5.82 Å². The molecule has 0 aliphatic carbocycles. The van der Waals surface area contributed by atoms with Crippen molar-refractivity contribution in [1.82, 2.24) is 9.55 Å². The monoisotopic (exact) mass is 370 g/mol. The zero-order valence-electron chi connectivity index (χ0n) is 10.4. The molecule has 0 saturated heterocycles. The number of nitrogens with one attached hydrogen (secondary N) is 1. The lowest BCUT2D eigenvalue weighted by Gasteiger charge is -2.10. The fourth-order valence-electron chi connectivity index (χ4n) is 2.18. The molecular formula is C14H9BrClFN2S. The summed E-state index contributed by atoms with van der Waals surface area (Å²) < 4.78 is 16.9. The highest BCUT2D eigenvalue weighted by atomic mass is 79.9. The highest BCUT2D eigenvalue weighted by molar-refractivity contribution is 9.10. The highest BCUT2D eigenvalue weighted by Gasteiger charge is 2.12. The van der Waals surface area contributed by atoms with Gasteiger partial charge in [-0.05, 0) is 42.9 Å².